The minimum atomic E-state index is -0.537. The topological polar surface area (TPSA) is 41.5 Å². The zero-order valence-electron chi connectivity index (χ0n) is 14.8. The van der Waals surface area contributed by atoms with Gasteiger partial charge in [-0.05, 0) is 40.6 Å². The van der Waals surface area contributed by atoms with E-state index in [9.17, 15) is 5.11 Å². The van der Waals surface area contributed by atoms with Crippen LogP contribution in [0, 0.1) is 0 Å². The first kappa shape index (κ1) is 18.2. The van der Waals surface area contributed by atoms with E-state index in [2.05, 4.69) is 58.5 Å². The molecule has 27 heavy (non-hydrogen) atoms. The molecule has 0 aliphatic heterocycles. The van der Waals surface area contributed by atoms with Crippen molar-refractivity contribution in [3.05, 3.63) is 76.3 Å². The van der Waals surface area contributed by atoms with Gasteiger partial charge in [-0.15, -0.1) is 22.7 Å². The molecular weight excluding hydrogens is 374 g/mol. The fourth-order valence-electron chi connectivity index (χ4n) is 2.96. The van der Waals surface area contributed by atoms with Crippen LogP contribution in [0.2, 0.25) is 0 Å². The predicted octanol–water partition coefficient (Wildman–Crippen LogP) is 5.16. The van der Waals surface area contributed by atoms with Gasteiger partial charge >= 0.3 is 0 Å². The standard InChI is InChI=1S/C22H21NO2S2/c24-17(12-23-13-19-4-3-11-26-19)14-25-18-9-7-16(8-10-18)21-15-27-22-6-2-1-5-20(21)22/h1-11,15,17,23-24H,12-14H2/t17-/m1/s1. The lowest BCUT2D eigenvalue weighted by atomic mass is 10.0. The van der Waals surface area contributed by atoms with Gasteiger partial charge in [-0.2, -0.15) is 0 Å². The molecule has 5 heteroatoms. The van der Waals surface area contributed by atoms with Crippen LogP contribution in [0.4, 0.5) is 0 Å². The van der Waals surface area contributed by atoms with Crippen molar-refractivity contribution in [2.75, 3.05) is 13.2 Å². The third kappa shape index (κ3) is 4.57. The Balaban J connectivity index is 1.30. The molecule has 4 aromatic rings. The van der Waals surface area contributed by atoms with E-state index >= 15 is 0 Å². The maximum Gasteiger partial charge on any atom is 0.119 e. The Hall–Kier alpha value is -2.18. The average molecular weight is 396 g/mol. The van der Waals surface area contributed by atoms with E-state index < -0.39 is 6.10 Å². The lowest BCUT2D eigenvalue weighted by Crippen LogP contribution is -2.30. The zero-order valence-corrected chi connectivity index (χ0v) is 16.4. The van der Waals surface area contributed by atoms with Crippen LogP contribution in [0.3, 0.4) is 0 Å². The molecule has 3 nitrogen and oxygen atoms in total. The molecule has 0 saturated carbocycles. The smallest absolute Gasteiger partial charge is 0.119 e. The Morgan fingerprint density at radius 1 is 0.963 bits per heavy atom. The van der Waals surface area contributed by atoms with Crippen molar-refractivity contribution in [2.24, 2.45) is 0 Å². The summed E-state index contributed by atoms with van der Waals surface area (Å²) in [5, 5.41) is 18.9. The van der Waals surface area contributed by atoms with Gasteiger partial charge < -0.3 is 15.2 Å². The monoisotopic (exact) mass is 395 g/mol. The molecule has 0 fully saturated rings. The van der Waals surface area contributed by atoms with Gasteiger partial charge in [0.1, 0.15) is 18.5 Å². The molecular formula is C22H21NO2S2. The molecule has 2 aromatic carbocycles. The van der Waals surface area contributed by atoms with Crippen LogP contribution >= 0.6 is 22.7 Å². The fraction of sp³-hybridized carbons (Fsp3) is 0.182. The second-order valence-electron chi connectivity index (χ2n) is 6.35. The van der Waals surface area contributed by atoms with E-state index in [1.807, 2.05) is 18.2 Å². The lowest BCUT2D eigenvalue weighted by Gasteiger charge is -2.13. The molecule has 0 amide bonds. The van der Waals surface area contributed by atoms with Gasteiger partial charge in [-0.1, -0.05) is 36.4 Å². The van der Waals surface area contributed by atoms with E-state index in [-0.39, 0.29) is 6.61 Å². The van der Waals surface area contributed by atoms with Crippen molar-refractivity contribution in [3.8, 4) is 16.9 Å². The van der Waals surface area contributed by atoms with Gasteiger partial charge in [-0.3, -0.25) is 0 Å². The highest BCUT2D eigenvalue weighted by Crippen LogP contribution is 2.34. The number of benzene rings is 2. The minimum Gasteiger partial charge on any atom is -0.491 e. The normalized spacial score (nSPS) is 12.3. The van der Waals surface area contributed by atoms with Crippen molar-refractivity contribution in [1.82, 2.24) is 5.32 Å². The van der Waals surface area contributed by atoms with Gasteiger partial charge in [0.05, 0.1) is 0 Å². The summed E-state index contributed by atoms with van der Waals surface area (Å²) in [4.78, 5) is 1.26. The highest BCUT2D eigenvalue weighted by molar-refractivity contribution is 7.17. The van der Waals surface area contributed by atoms with Crippen LogP contribution < -0.4 is 10.1 Å². The summed E-state index contributed by atoms with van der Waals surface area (Å²) in [6, 6.07) is 20.6. The Labute approximate surface area is 166 Å². The number of fused-ring (bicyclic) bond motifs is 1. The number of rotatable bonds is 8. The second kappa shape index (κ2) is 8.67. The molecule has 2 aromatic heterocycles. The van der Waals surface area contributed by atoms with E-state index in [0.29, 0.717) is 6.54 Å². The largest absolute Gasteiger partial charge is 0.491 e. The van der Waals surface area contributed by atoms with Crippen LogP contribution in [0.1, 0.15) is 4.88 Å². The molecule has 4 rings (SSSR count). The van der Waals surface area contributed by atoms with Crippen molar-refractivity contribution in [3.63, 3.8) is 0 Å². The van der Waals surface area contributed by atoms with Gasteiger partial charge in [0.15, 0.2) is 0 Å². The number of hydrogen-bond donors (Lipinski definition) is 2. The first-order valence-electron chi connectivity index (χ1n) is 8.90. The highest BCUT2D eigenvalue weighted by Gasteiger charge is 2.08. The summed E-state index contributed by atoms with van der Waals surface area (Å²) >= 11 is 3.47. The number of ether oxygens (including phenoxy) is 1. The van der Waals surface area contributed by atoms with E-state index in [1.165, 1.54) is 26.1 Å². The van der Waals surface area contributed by atoms with Gasteiger partial charge in [-0.25, -0.2) is 0 Å². The molecule has 2 heterocycles. The summed E-state index contributed by atoms with van der Waals surface area (Å²) in [6.07, 6.45) is -0.537. The minimum absolute atomic E-state index is 0.276. The molecule has 1 atom stereocenters. The predicted molar refractivity (Wildman–Crippen MR) is 115 cm³/mol. The number of aliphatic hydroxyl groups is 1. The molecule has 0 unspecified atom stereocenters. The van der Waals surface area contributed by atoms with Gasteiger partial charge in [0.2, 0.25) is 0 Å². The summed E-state index contributed by atoms with van der Waals surface area (Å²) in [5.74, 6) is 0.774. The third-order valence-corrected chi connectivity index (χ3v) is 6.19. The second-order valence-corrected chi connectivity index (χ2v) is 8.29. The summed E-state index contributed by atoms with van der Waals surface area (Å²) in [7, 11) is 0. The highest BCUT2D eigenvalue weighted by atomic mass is 32.1. The van der Waals surface area contributed by atoms with Crippen LogP contribution in [0.25, 0.3) is 21.2 Å². The van der Waals surface area contributed by atoms with E-state index in [1.54, 1.807) is 22.7 Å². The number of hydrogen-bond acceptors (Lipinski definition) is 5. The molecule has 0 aliphatic rings. The average Bonchev–Trinajstić information content (AvgIpc) is 3.37. The van der Waals surface area contributed by atoms with Crippen molar-refractivity contribution in [2.45, 2.75) is 12.6 Å². The number of nitrogens with one attached hydrogen (secondary N) is 1. The molecule has 0 radical (unpaired) electrons. The first-order valence-corrected chi connectivity index (χ1v) is 10.7. The third-order valence-electron chi connectivity index (χ3n) is 4.35. The van der Waals surface area contributed by atoms with Crippen molar-refractivity contribution in [1.29, 1.82) is 0 Å². The molecule has 0 bridgehead atoms. The SMILES string of the molecule is O[C@H](CNCc1cccs1)COc1ccc(-c2csc3ccccc23)cc1. The molecule has 2 N–H and O–H groups in total. The van der Waals surface area contributed by atoms with E-state index in [4.69, 9.17) is 4.74 Å². The maximum atomic E-state index is 10.1. The van der Waals surface area contributed by atoms with Crippen LogP contribution in [-0.2, 0) is 6.54 Å². The van der Waals surface area contributed by atoms with Crippen LogP contribution in [0.5, 0.6) is 5.75 Å². The first-order chi connectivity index (χ1) is 13.3. The Kier molecular flexibility index (Phi) is 5.84. The summed E-state index contributed by atoms with van der Waals surface area (Å²) in [6.45, 7) is 1.56. The Morgan fingerprint density at radius 2 is 1.81 bits per heavy atom. The zero-order chi connectivity index (χ0) is 18.5. The molecule has 0 aliphatic carbocycles. The van der Waals surface area contributed by atoms with Crippen molar-refractivity contribution < 1.29 is 9.84 Å². The van der Waals surface area contributed by atoms with E-state index in [0.717, 1.165) is 12.3 Å². The summed E-state index contributed by atoms with van der Waals surface area (Å²) < 4.78 is 7.03. The molecule has 138 valence electrons. The Bertz CT molecular complexity index is 977. The van der Waals surface area contributed by atoms with Crippen LogP contribution in [0.15, 0.2) is 71.4 Å². The summed E-state index contributed by atoms with van der Waals surface area (Å²) in [5.41, 5.74) is 2.43. The van der Waals surface area contributed by atoms with Gasteiger partial charge in [0.25, 0.3) is 0 Å². The lowest BCUT2D eigenvalue weighted by molar-refractivity contribution is 0.106. The maximum absolute atomic E-state index is 10.1. The number of aliphatic hydroxyl groups excluding tert-OH is 1. The van der Waals surface area contributed by atoms with Gasteiger partial charge in [0, 0.05) is 33.6 Å². The molecule has 0 spiro atoms. The number of thiophene rings is 2. The van der Waals surface area contributed by atoms with Crippen molar-refractivity contribution >= 4 is 32.8 Å². The quantitative estimate of drug-likeness (QED) is 0.433. The molecule has 0 saturated heterocycles. The fourth-order valence-corrected chi connectivity index (χ4v) is 4.60. The Morgan fingerprint density at radius 3 is 2.63 bits per heavy atom. The van der Waals surface area contributed by atoms with Crippen LogP contribution in [-0.4, -0.2) is 24.4 Å².